The fraction of sp³-hybridized carbons (Fsp3) is 0.556. The largest absolute Gasteiger partial charge is 0.326 e. The number of tetrazole rings is 1. The predicted octanol–water partition coefficient (Wildman–Crippen LogP) is 3.80. The van der Waals surface area contributed by atoms with E-state index in [-0.39, 0.29) is 11.6 Å². The monoisotopic (exact) mass is 345 g/mol. The van der Waals surface area contributed by atoms with Crippen LogP contribution in [0.15, 0.2) is 18.2 Å². The van der Waals surface area contributed by atoms with E-state index in [1.807, 2.05) is 0 Å². The molecule has 1 amide bonds. The van der Waals surface area contributed by atoms with E-state index >= 15 is 0 Å². The molecular weight excluding hydrogens is 321 g/mol. The molecule has 0 bridgehead atoms. The van der Waals surface area contributed by atoms with Gasteiger partial charge in [-0.1, -0.05) is 32.1 Å². The van der Waals surface area contributed by atoms with Crippen LogP contribution < -0.4 is 5.32 Å². The Balaban J connectivity index is 1.55. The van der Waals surface area contributed by atoms with Crippen LogP contribution in [-0.4, -0.2) is 26.1 Å². The van der Waals surface area contributed by atoms with E-state index in [0.29, 0.717) is 17.9 Å². The first-order valence-electron chi connectivity index (χ1n) is 8.98. The second-order valence-electron chi connectivity index (χ2n) is 6.75. The van der Waals surface area contributed by atoms with Gasteiger partial charge in [-0.05, 0) is 54.3 Å². The molecule has 1 aliphatic carbocycles. The lowest BCUT2D eigenvalue weighted by Crippen LogP contribution is -2.13. The van der Waals surface area contributed by atoms with Crippen LogP contribution in [0.5, 0.6) is 0 Å². The first-order chi connectivity index (χ1) is 12.1. The first kappa shape index (κ1) is 17.5. The molecule has 1 heterocycles. The van der Waals surface area contributed by atoms with Crippen LogP contribution in [0.1, 0.15) is 57.2 Å². The second kappa shape index (κ2) is 8.18. The number of halogens is 1. The zero-order chi connectivity index (χ0) is 17.6. The zero-order valence-electron chi connectivity index (χ0n) is 14.5. The van der Waals surface area contributed by atoms with E-state index in [1.54, 1.807) is 19.1 Å². The van der Waals surface area contributed by atoms with E-state index in [4.69, 9.17) is 0 Å². The van der Waals surface area contributed by atoms with Crippen molar-refractivity contribution in [2.75, 3.05) is 5.32 Å². The Morgan fingerprint density at radius 1 is 1.32 bits per heavy atom. The van der Waals surface area contributed by atoms with Crippen molar-refractivity contribution in [3.63, 3.8) is 0 Å². The van der Waals surface area contributed by atoms with E-state index in [9.17, 15) is 9.18 Å². The molecule has 0 radical (unpaired) electrons. The van der Waals surface area contributed by atoms with Gasteiger partial charge in [0.25, 0.3) is 0 Å². The molecule has 0 saturated heterocycles. The summed E-state index contributed by atoms with van der Waals surface area (Å²) in [5.41, 5.74) is 0.775. The van der Waals surface area contributed by atoms with Gasteiger partial charge in [0.15, 0.2) is 5.82 Å². The molecule has 1 aromatic carbocycles. The maximum atomic E-state index is 14.0. The summed E-state index contributed by atoms with van der Waals surface area (Å²) in [5.74, 6) is 0.782. The Morgan fingerprint density at radius 2 is 2.12 bits per heavy atom. The molecular formula is C18H24FN5O. The van der Waals surface area contributed by atoms with Crippen molar-refractivity contribution in [3.05, 3.63) is 29.8 Å². The van der Waals surface area contributed by atoms with Crippen molar-refractivity contribution >= 4 is 11.6 Å². The van der Waals surface area contributed by atoms with Crippen LogP contribution in [0.2, 0.25) is 0 Å². The average molecular weight is 345 g/mol. The summed E-state index contributed by atoms with van der Waals surface area (Å²) in [6.45, 7) is 1.69. The zero-order valence-corrected chi connectivity index (χ0v) is 14.5. The number of carbonyl (C=O) groups is 1. The molecule has 1 saturated carbocycles. The van der Waals surface area contributed by atoms with Crippen molar-refractivity contribution in [2.24, 2.45) is 5.92 Å². The normalized spacial score (nSPS) is 15.3. The number of carbonyl (C=O) groups excluding carboxylic acids is 1. The predicted molar refractivity (Wildman–Crippen MR) is 92.9 cm³/mol. The highest BCUT2D eigenvalue weighted by atomic mass is 19.1. The molecule has 1 N–H and O–H groups in total. The number of benzene rings is 1. The van der Waals surface area contributed by atoms with Crippen LogP contribution in [0.25, 0.3) is 5.69 Å². The lowest BCUT2D eigenvalue weighted by molar-refractivity contribution is -0.116. The summed E-state index contributed by atoms with van der Waals surface area (Å²) in [6.07, 6.45) is 9.11. The number of hydrogen-bond donors (Lipinski definition) is 1. The summed E-state index contributed by atoms with van der Waals surface area (Å²) in [7, 11) is 0. The van der Waals surface area contributed by atoms with Gasteiger partial charge in [-0.15, -0.1) is 5.10 Å². The second-order valence-corrected chi connectivity index (χ2v) is 6.75. The molecule has 2 aromatic rings. The summed E-state index contributed by atoms with van der Waals surface area (Å²) in [4.78, 5) is 12.2. The highest BCUT2D eigenvalue weighted by molar-refractivity contribution is 5.90. The Kier molecular flexibility index (Phi) is 5.73. The van der Waals surface area contributed by atoms with Crippen molar-refractivity contribution in [1.82, 2.24) is 20.2 Å². The Bertz CT molecular complexity index is 724. The fourth-order valence-corrected chi connectivity index (χ4v) is 3.46. The lowest BCUT2D eigenvalue weighted by Gasteiger charge is -2.21. The number of nitrogens with zero attached hydrogens (tertiary/aromatic N) is 4. The van der Waals surface area contributed by atoms with Gasteiger partial charge in [0.2, 0.25) is 5.91 Å². The minimum atomic E-state index is -0.439. The Hall–Kier alpha value is -2.31. The fourth-order valence-electron chi connectivity index (χ4n) is 3.46. The number of aryl methyl sites for hydroxylation is 1. The van der Waals surface area contributed by atoms with Crippen LogP contribution >= 0.6 is 0 Å². The third-order valence-corrected chi connectivity index (χ3v) is 4.82. The van der Waals surface area contributed by atoms with Gasteiger partial charge < -0.3 is 5.32 Å². The molecule has 0 aliphatic heterocycles. The molecule has 6 nitrogen and oxygen atoms in total. The molecule has 25 heavy (non-hydrogen) atoms. The number of nitrogens with one attached hydrogen (secondary N) is 1. The van der Waals surface area contributed by atoms with E-state index in [2.05, 4.69) is 20.8 Å². The Morgan fingerprint density at radius 3 is 2.84 bits per heavy atom. The number of rotatable bonds is 6. The number of hydrogen-bond acceptors (Lipinski definition) is 4. The third-order valence-electron chi connectivity index (χ3n) is 4.82. The minimum Gasteiger partial charge on any atom is -0.326 e. The molecule has 0 spiro atoms. The summed E-state index contributed by atoms with van der Waals surface area (Å²) >= 11 is 0. The minimum absolute atomic E-state index is 0.0400. The summed E-state index contributed by atoms with van der Waals surface area (Å²) in [5, 5.41) is 13.9. The topological polar surface area (TPSA) is 72.7 Å². The van der Waals surface area contributed by atoms with Crippen LogP contribution in [0, 0.1) is 18.7 Å². The van der Waals surface area contributed by atoms with Gasteiger partial charge in [0, 0.05) is 12.1 Å². The van der Waals surface area contributed by atoms with E-state index < -0.39 is 5.82 Å². The number of anilines is 1. The SMILES string of the molecule is Cc1nnnn1-c1cc(NC(=O)CCCC2CCCCC2)ccc1F. The smallest absolute Gasteiger partial charge is 0.224 e. The van der Waals surface area contributed by atoms with Crippen LogP contribution in [0.4, 0.5) is 10.1 Å². The van der Waals surface area contributed by atoms with Crippen molar-refractivity contribution in [3.8, 4) is 5.69 Å². The Labute approximate surface area is 146 Å². The molecule has 1 fully saturated rings. The van der Waals surface area contributed by atoms with Gasteiger partial charge >= 0.3 is 0 Å². The van der Waals surface area contributed by atoms with Gasteiger partial charge in [0.05, 0.1) is 0 Å². The van der Waals surface area contributed by atoms with Gasteiger partial charge in [-0.3, -0.25) is 4.79 Å². The molecule has 0 atom stereocenters. The number of amides is 1. The van der Waals surface area contributed by atoms with Crippen LogP contribution in [0.3, 0.4) is 0 Å². The third kappa shape index (κ3) is 4.61. The van der Waals surface area contributed by atoms with E-state index in [0.717, 1.165) is 18.8 Å². The molecule has 1 aromatic heterocycles. The van der Waals surface area contributed by atoms with Crippen molar-refractivity contribution < 1.29 is 9.18 Å². The molecule has 3 rings (SSSR count). The lowest BCUT2D eigenvalue weighted by atomic mass is 9.86. The standard InChI is InChI=1S/C18H24FN5O/c1-13-21-22-23-24(13)17-12-15(10-11-16(17)19)20-18(25)9-5-8-14-6-3-2-4-7-14/h10-12,14H,2-9H2,1H3,(H,20,25). The van der Waals surface area contributed by atoms with Gasteiger partial charge in [0.1, 0.15) is 11.5 Å². The first-order valence-corrected chi connectivity index (χ1v) is 8.98. The van der Waals surface area contributed by atoms with Crippen molar-refractivity contribution in [1.29, 1.82) is 0 Å². The highest BCUT2D eigenvalue weighted by Gasteiger charge is 2.14. The maximum Gasteiger partial charge on any atom is 0.224 e. The van der Waals surface area contributed by atoms with Crippen LogP contribution in [-0.2, 0) is 4.79 Å². The highest BCUT2D eigenvalue weighted by Crippen LogP contribution is 2.27. The van der Waals surface area contributed by atoms with Gasteiger partial charge in [-0.25, -0.2) is 4.39 Å². The van der Waals surface area contributed by atoms with Gasteiger partial charge in [-0.2, -0.15) is 4.68 Å². The average Bonchev–Trinajstić information content (AvgIpc) is 3.03. The molecule has 0 unspecified atom stereocenters. The molecule has 1 aliphatic rings. The molecule has 7 heteroatoms. The van der Waals surface area contributed by atoms with E-state index in [1.165, 1.54) is 42.9 Å². The number of aromatic nitrogens is 4. The molecule has 134 valence electrons. The maximum absolute atomic E-state index is 14.0. The van der Waals surface area contributed by atoms with Crippen molar-refractivity contribution in [2.45, 2.75) is 58.3 Å². The quantitative estimate of drug-likeness (QED) is 0.864. The summed E-state index contributed by atoms with van der Waals surface area (Å²) in [6, 6.07) is 4.42. The summed E-state index contributed by atoms with van der Waals surface area (Å²) < 4.78 is 15.3.